The standard InChI is InChI=1S/C27H34F4N4O2/c1-20-18-34(15-16-35(20)23-7-8-25(24(28)17-23)37-27(29,30)31)26(36)32-12-9-21-10-13-33(14-11-21)19-22-5-3-2-4-6-22/h2-8,17,20-21H,9-16,18-19H2,1H3,(H,32,36)/t20-/m1/s1. The highest BCUT2D eigenvalue weighted by molar-refractivity contribution is 5.74. The quantitative estimate of drug-likeness (QED) is 0.505. The van der Waals surface area contributed by atoms with Crippen LogP contribution in [0.15, 0.2) is 48.5 Å². The van der Waals surface area contributed by atoms with Gasteiger partial charge >= 0.3 is 12.4 Å². The molecule has 10 heteroatoms. The molecule has 1 N–H and O–H groups in total. The van der Waals surface area contributed by atoms with Crippen LogP contribution in [0.1, 0.15) is 31.7 Å². The number of urea groups is 1. The minimum atomic E-state index is -4.95. The van der Waals surface area contributed by atoms with Crippen LogP contribution in [0.2, 0.25) is 0 Å². The highest BCUT2D eigenvalue weighted by Crippen LogP contribution is 2.30. The normalized spacial score (nSPS) is 19.6. The molecule has 2 aliphatic heterocycles. The minimum Gasteiger partial charge on any atom is -0.403 e. The molecule has 37 heavy (non-hydrogen) atoms. The maximum atomic E-state index is 14.2. The monoisotopic (exact) mass is 522 g/mol. The SMILES string of the molecule is C[C@@H]1CN(C(=O)NCCC2CCN(Cc3ccccc3)CC2)CCN1c1ccc(OC(F)(F)F)c(F)c1. The number of benzene rings is 2. The molecule has 6 nitrogen and oxygen atoms in total. The molecule has 0 spiro atoms. The molecule has 2 aromatic carbocycles. The van der Waals surface area contributed by atoms with Crippen molar-refractivity contribution in [3.05, 3.63) is 59.9 Å². The predicted molar refractivity (Wildman–Crippen MR) is 134 cm³/mol. The van der Waals surface area contributed by atoms with Gasteiger partial charge in [0.2, 0.25) is 0 Å². The molecule has 0 radical (unpaired) electrons. The summed E-state index contributed by atoms with van der Waals surface area (Å²) < 4.78 is 55.0. The molecule has 2 aliphatic rings. The zero-order valence-electron chi connectivity index (χ0n) is 21.0. The molecule has 202 valence electrons. The maximum absolute atomic E-state index is 14.2. The van der Waals surface area contributed by atoms with E-state index in [0.717, 1.165) is 51.0 Å². The van der Waals surface area contributed by atoms with Crippen LogP contribution in [0, 0.1) is 11.7 Å². The van der Waals surface area contributed by atoms with Gasteiger partial charge in [-0.3, -0.25) is 4.90 Å². The number of piperidine rings is 1. The molecule has 0 saturated carbocycles. The lowest BCUT2D eigenvalue weighted by molar-refractivity contribution is -0.275. The van der Waals surface area contributed by atoms with Crippen LogP contribution in [0.4, 0.5) is 28.0 Å². The third kappa shape index (κ3) is 7.74. The number of likely N-dealkylation sites (tertiary alicyclic amines) is 1. The summed E-state index contributed by atoms with van der Waals surface area (Å²) >= 11 is 0. The first-order chi connectivity index (χ1) is 17.7. The van der Waals surface area contributed by atoms with E-state index >= 15 is 0 Å². The molecule has 1 atom stereocenters. The Morgan fingerprint density at radius 2 is 1.78 bits per heavy atom. The van der Waals surface area contributed by atoms with Crippen LogP contribution in [-0.2, 0) is 6.54 Å². The number of amides is 2. The van der Waals surface area contributed by atoms with Crippen molar-refractivity contribution in [3.8, 4) is 5.75 Å². The smallest absolute Gasteiger partial charge is 0.403 e. The first-order valence-corrected chi connectivity index (χ1v) is 12.8. The number of ether oxygens (including phenoxy) is 1. The summed E-state index contributed by atoms with van der Waals surface area (Å²) in [5.74, 6) is -1.33. The molecule has 2 heterocycles. The highest BCUT2D eigenvalue weighted by Gasteiger charge is 2.33. The van der Waals surface area contributed by atoms with Crippen molar-refractivity contribution < 1.29 is 27.1 Å². The van der Waals surface area contributed by atoms with Gasteiger partial charge in [-0.15, -0.1) is 13.2 Å². The fourth-order valence-corrected chi connectivity index (χ4v) is 5.17. The second kappa shape index (κ2) is 12.0. The van der Waals surface area contributed by atoms with Gasteiger partial charge in [0.15, 0.2) is 11.6 Å². The molecule has 2 amide bonds. The fraction of sp³-hybridized carbons (Fsp3) is 0.519. The summed E-state index contributed by atoms with van der Waals surface area (Å²) in [5.41, 5.74) is 1.79. The van der Waals surface area contributed by atoms with Gasteiger partial charge in [0.25, 0.3) is 0 Å². The molecule has 0 aromatic heterocycles. The molecule has 2 fully saturated rings. The van der Waals surface area contributed by atoms with Crippen molar-refractivity contribution in [2.75, 3.05) is 44.2 Å². The number of hydrogen-bond acceptors (Lipinski definition) is 4. The Labute approximate surface area is 215 Å². The number of rotatable bonds is 7. The lowest BCUT2D eigenvalue weighted by Gasteiger charge is -2.41. The van der Waals surface area contributed by atoms with Crippen molar-refractivity contribution in [2.24, 2.45) is 5.92 Å². The number of nitrogens with zero attached hydrogens (tertiary/aromatic N) is 3. The average molecular weight is 523 g/mol. The molecule has 4 rings (SSSR count). The summed E-state index contributed by atoms with van der Waals surface area (Å²) in [6.07, 6.45) is -1.75. The van der Waals surface area contributed by atoms with Crippen LogP contribution in [0.5, 0.6) is 5.75 Å². The van der Waals surface area contributed by atoms with Crippen LogP contribution in [0.25, 0.3) is 0 Å². The summed E-state index contributed by atoms with van der Waals surface area (Å²) in [4.78, 5) is 18.8. The summed E-state index contributed by atoms with van der Waals surface area (Å²) in [7, 11) is 0. The molecular formula is C27H34F4N4O2. The number of hydrogen-bond donors (Lipinski definition) is 1. The Kier molecular flexibility index (Phi) is 8.79. The molecular weight excluding hydrogens is 488 g/mol. The molecule has 2 aromatic rings. The zero-order valence-corrected chi connectivity index (χ0v) is 21.0. The predicted octanol–water partition coefficient (Wildman–Crippen LogP) is 5.25. The summed E-state index contributed by atoms with van der Waals surface area (Å²) in [6.45, 7) is 6.97. The zero-order chi connectivity index (χ0) is 26.4. The van der Waals surface area contributed by atoms with Crippen LogP contribution >= 0.6 is 0 Å². The second-order valence-electron chi connectivity index (χ2n) is 9.88. The minimum absolute atomic E-state index is 0.117. The summed E-state index contributed by atoms with van der Waals surface area (Å²) in [6, 6.07) is 13.7. The van der Waals surface area contributed by atoms with Gasteiger partial charge < -0.3 is 19.9 Å². The number of carbonyl (C=O) groups excluding carboxylic acids is 1. The lowest BCUT2D eigenvalue weighted by atomic mass is 9.93. The van der Waals surface area contributed by atoms with E-state index in [1.807, 2.05) is 17.9 Å². The molecule has 2 saturated heterocycles. The average Bonchev–Trinajstić information content (AvgIpc) is 2.86. The number of alkyl halides is 3. The van der Waals surface area contributed by atoms with Gasteiger partial charge in [-0.05, 0) is 62.9 Å². The van der Waals surface area contributed by atoms with E-state index in [2.05, 4.69) is 39.2 Å². The highest BCUT2D eigenvalue weighted by atomic mass is 19.4. The van der Waals surface area contributed by atoms with Gasteiger partial charge in [0.1, 0.15) is 0 Å². The van der Waals surface area contributed by atoms with Gasteiger partial charge in [0, 0.05) is 50.5 Å². The van der Waals surface area contributed by atoms with Crippen LogP contribution < -0.4 is 15.0 Å². The van der Waals surface area contributed by atoms with Gasteiger partial charge in [0.05, 0.1) is 0 Å². The molecule has 0 bridgehead atoms. The van der Waals surface area contributed by atoms with Crippen molar-refractivity contribution in [1.29, 1.82) is 0 Å². The van der Waals surface area contributed by atoms with Crippen molar-refractivity contribution in [3.63, 3.8) is 0 Å². The van der Waals surface area contributed by atoms with Gasteiger partial charge in [-0.25, -0.2) is 9.18 Å². The largest absolute Gasteiger partial charge is 0.573 e. The molecule has 0 aliphatic carbocycles. The maximum Gasteiger partial charge on any atom is 0.573 e. The van der Waals surface area contributed by atoms with E-state index in [-0.39, 0.29) is 12.1 Å². The number of carbonyl (C=O) groups is 1. The Morgan fingerprint density at radius 1 is 1.05 bits per heavy atom. The second-order valence-corrected chi connectivity index (χ2v) is 9.88. The van der Waals surface area contributed by atoms with E-state index in [0.29, 0.717) is 37.8 Å². The van der Waals surface area contributed by atoms with Crippen LogP contribution in [0.3, 0.4) is 0 Å². The third-order valence-electron chi connectivity index (χ3n) is 7.17. The van der Waals surface area contributed by atoms with Gasteiger partial charge in [-0.2, -0.15) is 0 Å². The fourth-order valence-electron chi connectivity index (χ4n) is 5.17. The van der Waals surface area contributed by atoms with E-state index in [4.69, 9.17) is 0 Å². The van der Waals surface area contributed by atoms with Gasteiger partial charge in [-0.1, -0.05) is 30.3 Å². The van der Waals surface area contributed by atoms with E-state index in [1.54, 1.807) is 4.90 Å². The molecule has 0 unspecified atom stereocenters. The number of nitrogens with one attached hydrogen (secondary N) is 1. The summed E-state index contributed by atoms with van der Waals surface area (Å²) in [5, 5.41) is 3.04. The van der Waals surface area contributed by atoms with Crippen molar-refractivity contribution in [2.45, 2.75) is 45.1 Å². The Balaban J connectivity index is 1.17. The number of piperazine rings is 1. The number of anilines is 1. The first-order valence-electron chi connectivity index (χ1n) is 12.8. The van der Waals surface area contributed by atoms with E-state index in [9.17, 15) is 22.4 Å². The van der Waals surface area contributed by atoms with E-state index < -0.39 is 17.9 Å². The van der Waals surface area contributed by atoms with Crippen LogP contribution in [-0.4, -0.2) is 67.5 Å². The number of halogens is 4. The van der Waals surface area contributed by atoms with E-state index in [1.165, 1.54) is 11.6 Å². The topological polar surface area (TPSA) is 48.1 Å². The lowest BCUT2D eigenvalue weighted by Crippen LogP contribution is -2.56. The third-order valence-corrected chi connectivity index (χ3v) is 7.17. The Hall–Kier alpha value is -3.01. The Bertz CT molecular complexity index is 1030. The Morgan fingerprint density at radius 3 is 2.43 bits per heavy atom. The van der Waals surface area contributed by atoms with Crippen molar-refractivity contribution in [1.82, 2.24) is 15.1 Å². The first kappa shape index (κ1) is 27.0. The van der Waals surface area contributed by atoms with Crippen molar-refractivity contribution >= 4 is 11.7 Å².